The Balaban J connectivity index is 2.07. The summed E-state index contributed by atoms with van der Waals surface area (Å²) in [6.45, 7) is 5.06. The van der Waals surface area contributed by atoms with Crippen LogP contribution in [0.5, 0.6) is 5.75 Å². The van der Waals surface area contributed by atoms with E-state index in [0.29, 0.717) is 25.3 Å². The van der Waals surface area contributed by atoms with Crippen molar-refractivity contribution in [1.29, 1.82) is 0 Å². The second-order valence-electron chi connectivity index (χ2n) is 5.82. The van der Waals surface area contributed by atoms with Crippen LogP contribution in [0.15, 0.2) is 17.0 Å². The van der Waals surface area contributed by atoms with E-state index in [0.717, 1.165) is 24.0 Å². The predicted octanol–water partition coefficient (Wildman–Crippen LogP) is 1.60. The number of nitrogens with zero attached hydrogens (tertiary/aromatic N) is 1. The molecule has 1 N–H and O–H groups in total. The maximum atomic E-state index is 12.5. The minimum Gasteiger partial charge on any atom is -0.495 e. The van der Waals surface area contributed by atoms with Gasteiger partial charge in [0, 0.05) is 26.1 Å². The van der Waals surface area contributed by atoms with Gasteiger partial charge in [0.05, 0.1) is 7.11 Å². The molecule has 0 spiro atoms. The lowest BCUT2D eigenvalue weighted by molar-refractivity contribution is -0.133. The molecular formula is C16H24N2O4S. The molecule has 2 rings (SSSR count). The molecule has 0 aromatic heterocycles. The maximum Gasteiger partial charge on any atom is 0.244 e. The number of carbonyl (C=O) groups excluding carboxylic acids is 1. The van der Waals surface area contributed by atoms with Gasteiger partial charge >= 0.3 is 0 Å². The van der Waals surface area contributed by atoms with E-state index in [2.05, 4.69) is 4.72 Å². The highest BCUT2D eigenvalue weighted by atomic mass is 32.2. The Kier molecular flexibility index (Phi) is 5.64. The summed E-state index contributed by atoms with van der Waals surface area (Å²) in [6, 6.07) is 3.33. The summed E-state index contributed by atoms with van der Waals surface area (Å²) in [5, 5.41) is 0. The first-order valence-corrected chi connectivity index (χ1v) is 9.26. The number of methoxy groups -OCH3 is 1. The highest BCUT2D eigenvalue weighted by Crippen LogP contribution is 2.27. The van der Waals surface area contributed by atoms with Crippen LogP contribution in [0.1, 0.15) is 30.4 Å². The first kappa shape index (κ1) is 17.7. The molecule has 1 aromatic rings. The average Bonchev–Trinajstić information content (AvgIpc) is 2.51. The van der Waals surface area contributed by atoms with Crippen LogP contribution in [-0.2, 0) is 14.8 Å². The van der Waals surface area contributed by atoms with Crippen molar-refractivity contribution < 1.29 is 17.9 Å². The molecule has 1 aromatic carbocycles. The van der Waals surface area contributed by atoms with E-state index < -0.39 is 10.0 Å². The summed E-state index contributed by atoms with van der Waals surface area (Å²) in [5.74, 6) is 0.425. The van der Waals surface area contributed by atoms with Crippen LogP contribution in [0, 0.1) is 13.8 Å². The van der Waals surface area contributed by atoms with Gasteiger partial charge in [-0.05, 0) is 49.9 Å². The minimum absolute atomic E-state index is 0.0965. The second kappa shape index (κ2) is 7.31. The van der Waals surface area contributed by atoms with Crippen molar-refractivity contribution in [3.05, 3.63) is 23.3 Å². The zero-order chi connectivity index (χ0) is 17.0. The van der Waals surface area contributed by atoms with Gasteiger partial charge in [0.1, 0.15) is 10.6 Å². The Morgan fingerprint density at radius 3 is 2.57 bits per heavy atom. The van der Waals surface area contributed by atoms with Gasteiger partial charge in [-0.3, -0.25) is 4.79 Å². The van der Waals surface area contributed by atoms with Crippen LogP contribution in [0.25, 0.3) is 0 Å². The molecule has 6 nitrogen and oxygen atoms in total. The molecule has 128 valence electrons. The van der Waals surface area contributed by atoms with E-state index in [1.165, 1.54) is 7.11 Å². The number of ether oxygens (including phenoxy) is 1. The largest absolute Gasteiger partial charge is 0.495 e. The van der Waals surface area contributed by atoms with Crippen LogP contribution in [-0.4, -0.2) is 46.0 Å². The van der Waals surface area contributed by atoms with Crippen molar-refractivity contribution in [2.75, 3.05) is 26.7 Å². The summed E-state index contributed by atoms with van der Waals surface area (Å²) >= 11 is 0. The standard InChI is InChI=1S/C16H24N2O4S/c1-12-10-14(22-3)15(11-13(12)2)23(20,21)17-7-9-18-8-5-4-6-16(18)19/h10-11,17H,4-9H2,1-3H3. The Hall–Kier alpha value is -1.60. The number of sulfonamides is 1. The molecule has 0 aliphatic carbocycles. The highest BCUT2D eigenvalue weighted by Gasteiger charge is 2.22. The molecular weight excluding hydrogens is 316 g/mol. The third-order valence-electron chi connectivity index (χ3n) is 4.16. The zero-order valence-electron chi connectivity index (χ0n) is 13.9. The van der Waals surface area contributed by atoms with E-state index >= 15 is 0 Å². The molecule has 1 heterocycles. The van der Waals surface area contributed by atoms with Gasteiger partial charge in [0.25, 0.3) is 0 Å². The Morgan fingerprint density at radius 2 is 1.91 bits per heavy atom. The normalized spacial score (nSPS) is 15.8. The molecule has 1 aliphatic heterocycles. The lowest BCUT2D eigenvalue weighted by atomic mass is 10.1. The Labute approximate surface area is 137 Å². The van der Waals surface area contributed by atoms with E-state index in [1.807, 2.05) is 13.8 Å². The Bertz CT molecular complexity index is 686. The van der Waals surface area contributed by atoms with Crippen LogP contribution in [0.2, 0.25) is 0 Å². The van der Waals surface area contributed by atoms with Gasteiger partial charge < -0.3 is 9.64 Å². The third kappa shape index (κ3) is 4.23. The minimum atomic E-state index is -3.67. The fraction of sp³-hybridized carbons (Fsp3) is 0.562. The number of piperidine rings is 1. The number of hydrogen-bond acceptors (Lipinski definition) is 4. The number of aryl methyl sites for hydroxylation is 2. The summed E-state index contributed by atoms with van der Waals surface area (Å²) in [4.78, 5) is 13.6. The lowest BCUT2D eigenvalue weighted by Gasteiger charge is -2.26. The van der Waals surface area contributed by atoms with Crippen LogP contribution in [0.4, 0.5) is 0 Å². The van der Waals surface area contributed by atoms with E-state index in [-0.39, 0.29) is 17.3 Å². The molecule has 0 unspecified atom stereocenters. The van der Waals surface area contributed by atoms with Gasteiger partial charge in [-0.15, -0.1) is 0 Å². The van der Waals surface area contributed by atoms with Crippen molar-refractivity contribution >= 4 is 15.9 Å². The topological polar surface area (TPSA) is 75.7 Å². The molecule has 7 heteroatoms. The molecule has 1 fully saturated rings. The summed E-state index contributed by atoms with van der Waals surface area (Å²) in [7, 11) is -2.22. The summed E-state index contributed by atoms with van der Waals surface area (Å²) in [6.07, 6.45) is 2.45. The lowest BCUT2D eigenvalue weighted by Crippen LogP contribution is -2.41. The second-order valence-corrected chi connectivity index (χ2v) is 7.56. The molecule has 0 saturated carbocycles. The molecule has 0 radical (unpaired) electrons. The SMILES string of the molecule is COc1cc(C)c(C)cc1S(=O)(=O)NCCN1CCCCC1=O. The predicted molar refractivity (Wildman–Crippen MR) is 88.1 cm³/mol. The van der Waals surface area contributed by atoms with Crippen molar-refractivity contribution in [3.63, 3.8) is 0 Å². The quantitative estimate of drug-likeness (QED) is 0.853. The number of nitrogens with one attached hydrogen (secondary N) is 1. The van der Waals surface area contributed by atoms with Gasteiger partial charge in [-0.25, -0.2) is 13.1 Å². The third-order valence-corrected chi connectivity index (χ3v) is 5.65. The van der Waals surface area contributed by atoms with E-state index in [4.69, 9.17) is 4.74 Å². The highest BCUT2D eigenvalue weighted by molar-refractivity contribution is 7.89. The van der Waals surface area contributed by atoms with Crippen molar-refractivity contribution in [3.8, 4) is 5.75 Å². The molecule has 0 bridgehead atoms. The van der Waals surface area contributed by atoms with Gasteiger partial charge in [0.2, 0.25) is 15.9 Å². The zero-order valence-corrected chi connectivity index (χ0v) is 14.7. The van der Waals surface area contributed by atoms with E-state index in [9.17, 15) is 13.2 Å². The average molecular weight is 340 g/mol. The number of carbonyl (C=O) groups is 1. The number of rotatable bonds is 6. The van der Waals surface area contributed by atoms with Crippen molar-refractivity contribution in [2.45, 2.75) is 38.0 Å². The molecule has 1 amide bonds. The first-order chi connectivity index (χ1) is 10.8. The van der Waals surface area contributed by atoms with Crippen LogP contribution >= 0.6 is 0 Å². The monoisotopic (exact) mass is 340 g/mol. The first-order valence-electron chi connectivity index (χ1n) is 7.78. The smallest absolute Gasteiger partial charge is 0.244 e. The number of amides is 1. The molecule has 23 heavy (non-hydrogen) atoms. The number of hydrogen-bond donors (Lipinski definition) is 1. The number of benzene rings is 1. The molecule has 1 aliphatic rings. The van der Waals surface area contributed by atoms with Gasteiger partial charge in [-0.2, -0.15) is 0 Å². The fourth-order valence-corrected chi connectivity index (χ4v) is 3.88. The fourth-order valence-electron chi connectivity index (χ4n) is 2.62. The summed E-state index contributed by atoms with van der Waals surface area (Å²) in [5.41, 5.74) is 1.86. The van der Waals surface area contributed by atoms with Crippen molar-refractivity contribution in [1.82, 2.24) is 9.62 Å². The number of likely N-dealkylation sites (tertiary alicyclic amines) is 1. The molecule has 1 saturated heterocycles. The van der Waals surface area contributed by atoms with Crippen molar-refractivity contribution in [2.24, 2.45) is 0 Å². The summed E-state index contributed by atoms with van der Waals surface area (Å²) < 4.78 is 32.8. The van der Waals surface area contributed by atoms with Gasteiger partial charge in [0.15, 0.2) is 0 Å². The van der Waals surface area contributed by atoms with Crippen LogP contribution < -0.4 is 9.46 Å². The van der Waals surface area contributed by atoms with E-state index in [1.54, 1.807) is 17.0 Å². The maximum absolute atomic E-state index is 12.5. The van der Waals surface area contributed by atoms with Gasteiger partial charge in [-0.1, -0.05) is 0 Å². The Morgan fingerprint density at radius 1 is 1.22 bits per heavy atom. The molecule has 0 atom stereocenters. The van der Waals surface area contributed by atoms with Crippen LogP contribution in [0.3, 0.4) is 0 Å².